The number of benzene rings is 2. The average molecular weight is 391 g/mol. The molecule has 0 radical (unpaired) electrons. The Bertz CT molecular complexity index is 939. The van der Waals surface area contributed by atoms with E-state index in [4.69, 9.17) is 0 Å². The summed E-state index contributed by atoms with van der Waals surface area (Å²) >= 11 is 3.90. The number of hydrogen-bond donors (Lipinski definition) is 0. The van der Waals surface area contributed by atoms with E-state index >= 15 is 0 Å². The molecule has 0 unspecified atom stereocenters. The van der Waals surface area contributed by atoms with Crippen LogP contribution in [0.2, 0.25) is 0 Å². The molecule has 4 aromatic rings. The van der Waals surface area contributed by atoms with Gasteiger partial charge in [0.1, 0.15) is 0 Å². The summed E-state index contributed by atoms with van der Waals surface area (Å²) < 4.78 is 0. The first-order valence-corrected chi connectivity index (χ1v) is 11.3. The Morgan fingerprint density at radius 2 is 1.04 bits per heavy atom. The third kappa shape index (κ3) is 4.63. The van der Waals surface area contributed by atoms with Crippen molar-refractivity contribution in [3.05, 3.63) is 73.1 Å². The minimum Gasteiger partial charge on any atom is -0.256 e. The summed E-state index contributed by atoms with van der Waals surface area (Å²) in [5, 5.41) is 2.54. The van der Waals surface area contributed by atoms with Crippen LogP contribution in [0.4, 0.5) is 0 Å². The molecule has 0 atom stereocenters. The van der Waals surface area contributed by atoms with Gasteiger partial charge in [-0.3, -0.25) is 9.97 Å². The number of pyridine rings is 2. The molecule has 136 valence electrons. The maximum absolute atomic E-state index is 4.44. The smallest absolute Gasteiger partial charge is 0.0713 e. The number of aromatic nitrogens is 2. The Labute approximate surface area is 168 Å². The molecule has 0 N–H and O–H groups in total. The molecule has 0 fully saturated rings. The SMILES string of the molecule is c1ccc2c(SCCCCCSc3ccnc4ccccc34)ccnc2c1. The standard InChI is InChI=1S/C23H22N2S2/c1(6-16-26-22-12-14-24-20-10-4-2-8-18(20)22)7-17-27-23-13-15-25-21-11-5-3-9-19(21)23/h2-5,8-15H,1,6-7,16-17H2. The number of unbranched alkanes of at least 4 members (excludes halogenated alkanes) is 2. The zero-order valence-corrected chi connectivity index (χ0v) is 16.8. The maximum Gasteiger partial charge on any atom is 0.0713 e. The molecule has 4 rings (SSSR count). The molecule has 2 heterocycles. The Morgan fingerprint density at radius 1 is 0.556 bits per heavy atom. The quantitative estimate of drug-likeness (QED) is 0.243. The topological polar surface area (TPSA) is 25.8 Å². The fourth-order valence-corrected chi connectivity index (χ4v) is 5.24. The van der Waals surface area contributed by atoms with Gasteiger partial charge in [-0.25, -0.2) is 0 Å². The normalized spacial score (nSPS) is 11.3. The monoisotopic (exact) mass is 390 g/mol. The van der Waals surface area contributed by atoms with Crippen LogP contribution >= 0.6 is 23.5 Å². The summed E-state index contributed by atoms with van der Waals surface area (Å²) in [7, 11) is 0. The van der Waals surface area contributed by atoms with Crippen LogP contribution in [0.5, 0.6) is 0 Å². The van der Waals surface area contributed by atoms with Gasteiger partial charge in [0.05, 0.1) is 11.0 Å². The summed E-state index contributed by atoms with van der Waals surface area (Å²) in [4.78, 5) is 11.6. The highest BCUT2D eigenvalue weighted by molar-refractivity contribution is 7.99. The van der Waals surface area contributed by atoms with E-state index in [0.29, 0.717) is 0 Å². The fourth-order valence-electron chi connectivity index (χ4n) is 3.14. The molecular weight excluding hydrogens is 368 g/mol. The van der Waals surface area contributed by atoms with Crippen molar-refractivity contribution < 1.29 is 0 Å². The number of nitrogens with zero attached hydrogens (tertiary/aromatic N) is 2. The van der Waals surface area contributed by atoms with Crippen molar-refractivity contribution in [2.45, 2.75) is 29.1 Å². The van der Waals surface area contributed by atoms with E-state index in [0.717, 1.165) is 22.5 Å². The number of rotatable bonds is 8. The number of fused-ring (bicyclic) bond motifs is 2. The molecule has 4 heteroatoms. The van der Waals surface area contributed by atoms with Crippen LogP contribution in [-0.4, -0.2) is 21.5 Å². The molecule has 27 heavy (non-hydrogen) atoms. The van der Waals surface area contributed by atoms with Crippen molar-refractivity contribution in [3.8, 4) is 0 Å². The van der Waals surface area contributed by atoms with Crippen molar-refractivity contribution in [3.63, 3.8) is 0 Å². The van der Waals surface area contributed by atoms with Gasteiger partial charge in [-0.15, -0.1) is 23.5 Å². The Hall–Kier alpha value is -2.04. The van der Waals surface area contributed by atoms with E-state index in [9.17, 15) is 0 Å². The third-order valence-corrected chi connectivity index (χ3v) is 6.84. The van der Waals surface area contributed by atoms with Crippen molar-refractivity contribution in [2.75, 3.05) is 11.5 Å². The van der Waals surface area contributed by atoms with Crippen LogP contribution in [-0.2, 0) is 0 Å². The van der Waals surface area contributed by atoms with Crippen LogP contribution in [0.25, 0.3) is 21.8 Å². The van der Waals surface area contributed by atoms with Gasteiger partial charge in [-0.2, -0.15) is 0 Å². The van der Waals surface area contributed by atoms with Gasteiger partial charge in [0.25, 0.3) is 0 Å². The van der Waals surface area contributed by atoms with E-state index in [1.54, 1.807) is 0 Å². The predicted octanol–water partition coefficient (Wildman–Crippen LogP) is 6.84. The van der Waals surface area contributed by atoms with Gasteiger partial charge in [0, 0.05) is 33.0 Å². The summed E-state index contributed by atoms with van der Waals surface area (Å²) in [5.41, 5.74) is 2.17. The molecule has 2 nitrogen and oxygen atoms in total. The first-order chi connectivity index (χ1) is 13.4. The van der Waals surface area contributed by atoms with Crippen molar-refractivity contribution >= 4 is 45.3 Å². The van der Waals surface area contributed by atoms with Crippen LogP contribution < -0.4 is 0 Å². The Balaban J connectivity index is 1.22. The third-order valence-electron chi connectivity index (χ3n) is 4.52. The maximum atomic E-state index is 4.44. The Kier molecular flexibility index (Phi) is 6.28. The van der Waals surface area contributed by atoms with E-state index in [2.05, 4.69) is 58.5 Å². The molecule has 0 saturated carbocycles. The van der Waals surface area contributed by atoms with Crippen LogP contribution in [0.3, 0.4) is 0 Å². The van der Waals surface area contributed by atoms with Gasteiger partial charge < -0.3 is 0 Å². The molecule has 0 aliphatic carbocycles. The number of para-hydroxylation sites is 2. The lowest BCUT2D eigenvalue weighted by atomic mass is 10.2. The van der Waals surface area contributed by atoms with Crippen LogP contribution in [0.1, 0.15) is 19.3 Å². The van der Waals surface area contributed by atoms with E-state index in [1.165, 1.54) is 39.8 Å². The molecular formula is C23H22N2S2. The second-order valence-electron chi connectivity index (χ2n) is 6.41. The van der Waals surface area contributed by atoms with E-state index < -0.39 is 0 Å². The molecule has 0 aliphatic rings. The van der Waals surface area contributed by atoms with E-state index in [-0.39, 0.29) is 0 Å². The summed E-state index contributed by atoms with van der Waals surface area (Å²) in [6.45, 7) is 0. The molecule has 2 aromatic carbocycles. The lowest BCUT2D eigenvalue weighted by Gasteiger charge is -2.07. The molecule has 0 aliphatic heterocycles. The first-order valence-electron chi connectivity index (χ1n) is 9.35. The highest BCUT2D eigenvalue weighted by Gasteiger charge is 2.03. The second kappa shape index (κ2) is 9.25. The molecule has 0 amide bonds. The largest absolute Gasteiger partial charge is 0.256 e. The van der Waals surface area contributed by atoms with Crippen LogP contribution in [0.15, 0.2) is 82.8 Å². The molecule has 0 spiro atoms. The first kappa shape index (κ1) is 18.3. The van der Waals surface area contributed by atoms with Gasteiger partial charge in [-0.05, 0) is 48.6 Å². The second-order valence-corrected chi connectivity index (χ2v) is 8.68. The minimum absolute atomic E-state index is 1.09. The zero-order valence-electron chi connectivity index (χ0n) is 15.2. The van der Waals surface area contributed by atoms with Crippen molar-refractivity contribution in [2.24, 2.45) is 0 Å². The minimum atomic E-state index is 1.09. The lowest BCUT2D eigenvalue weighted by molar-refractivity contribution is 0.785. The highest BCUT2D eigenvalue weighted by atomic mass is 32.2. The lowest BCUT2D eigenvalue weighted by Crippen LogP contribution is -1.87. The van der Waals surface area contributed by atoms with Crippen molar-refractivity contribution in [1.82, 2.24) is 9.97 Å². The fraction of sp³-hybridized carbons (Fsp3) is 0.217. The predicted molar refractivity (Wildman–Crippen MR) is 119 cm³/mol. The summed E-state index contributed by atoms with van der Waals surface area (Å²) in [5.74, 6) is 2.33. The van der Waals surface area contributed by atoms with Gasteiger partial charge in [0.15, 0.2) is 0 Å². The number of hydrogen-bond acceptors (Lipinski definition) is 4. The Morgan fingerprint density at radius 3 is 1.56 bits per heavy atom. The van der Waals surface area contributed by atoms with Crippen molar-refractivity contribution in [1.29, 1.82) is 0 Å². The van der Waals surface area contributed by atoms with Gasteiger partial charge in [0.2, 0.25) is 0 Å². The van der Waals surface area contributed by atoms with Gasteiger partial charge >= 0.3 is 0 Å². The molecule has 2 aromatic heterocycles. The highest BCUT2D eigenvalue weighted by Crippen LogP contribution is 2.29. The summed E-state index contributed by atoms with van der Waals surface area (Å²) in [6, 6.07) is 21.1. The zero-order chi connectivity index (χ0) is 18.3. The summed E-state index contributed by atoms with van der Waals surface area (Å²) in [6.07, 6.45) is 7.60. The molecule has 0 bridgehead atoms. The van der Waals surface area contributed by atoms with Crippen LogP contribution in [0, 0.1) is 0 Å². The number of thioether (sulfide) groups is 2. The van der Waals surface area contributed by atoms with E-state index in [1.807, 2.05) is 48.1 Å². The van der Waals surface area contributed by atoms with Gasteiger partial charge in [-0.1, -0.05) is 42.8 Å². The molecule has 0 saturated heterocycles. The average Bonchev–Trinajstić information content (AvgIpc) is 2.73.